The summed E-state index contributed by atoms with van der Waals surface area (Å²) in [6.45, 7) is 0.545. The number of aromatic hydroxyl groups is 1. The summed E-state index contributed by atoms with van der Waals surface area (Å²) in [5, 5.41) is 20.9. The highest BCUT2D eigenvalue weighted by molar-refractivity contribution is 5.87. The van der Waals surface area contributed by atoms with Gasteiger partial charge < -0.3 is 5.11 Å². The number of aromatic nitrogens is 3. The average molecular weight is 277 g/mol. The van der Waals surface area contributed by atoms with Crippen molar-refractivity contribution in [2.45, 2.75) is 19.4 Å². The zero-order chi connectivity index (χ0) is 14.2. The van der Waals surface area contributed by atoms with E-state index >= 15 is 0 Å². The molecule has 0 bridgehead atoms. The molecule has 2 aromatic carbocycles. The van der Waals surface area contributed by atoms with Crippen molar-refractivity contribution in [1.29, 1.82) is 0 Å². The first-order valence-corrected chi connectivity index (χ1v) is 7.09. The highest BCUT2D eigenvalue weighted by atomic mass is 16.3. The van der Waals surface area contributed by atoms with E-state index in [0.29, 0.717) is 12.3 Å². The summed E-state index contributed by atoms with van der Waals surface area (Å²) >= 11 is 0. The summed E-state index contributed by atoms with van der Waals surface area (Å²) in [6, 6.07) is 11.8. The van der Waals surface area contributed by atoms with Gasteiger partial charge in [0.15, 0.2) is 0 Å². The molecule has 1 aliphatic carbocycles. The molecular formula is C17H15N3O. The molecule has 104 valence electrons. The second-order valence-electron chi connectivity index (χ2n) is 5.30. The number of hydrogen-bond donors (Lipinski definition) is 1. The van der Waals surface area contributed by atoms with Gasteiger partial charge in [0.1, 0.15) is 5.75 Å². The van der Waals surface area contributed by atoms with Crippen molar-refractivity contribution >= 4 is 10.8 Å². The van der Waals surface area contributed by atoms with Crippen molar-refractivity contribution in [2.75, 3.05) is 0 Å². The average Bonchev–Trinajstić information content (AvgIpc) is 2.93. The lowest BCUT2D eigenvalue weighted by Crippen LogP contribution is -2.09. The molecule has 1 heterocycles. The molecule has 0 saturated carbocycles. The van der Waals surface area contributed by atoms with Crippen molar-refractivity contribution in [2.24, 2.45) is 0 Å². The van der Waals surface area contributed by atoms with Crippen LogP contribution in [0.2, 0.25) is 0 Å². The first kappa shape index (κ1) is 12.1. The van der Waals surface area contributed by atoms with Gasteiger partial charge in [-0.3, -0.25) is 0 Å². The highest BCUT2D eigenvalue weighted by Gasteiger charge is 2.16. The van der Waals surface area contributed by atoms with Gasteiger partial charge in [-0.05, 0) is 16.8 Å². The molecule has 0 spiro atoms. The summed E-state index contributed by atoms with van der Waals surface area (Å²) in [5.74, 6) is 0.310. The van der Waals surface area contributed by atoms with Crippen LogP contribution in [0.15, 0.2) is 48.6 Å². The Hall–Kier alpha value is -2.62. The topological polar surface area (TPSA) is 50.9 Å². The molecule has 0 amide bonds. The van der Waals surface area contributed by atoms with Crippen LogP contribution in [0, 0.1) is 0 Å². The first-order chi connectivity index (χ1) is 10.3. The minimum atomic E-state index is 0.310. The molecule has 4 heteroatoms. The summed E-state index contributed by atoms with van der Waals surface area (Å²) in [4.78, 5) is 0. The molecule has 1 N–H and O–H groups in total. The fraction of sp³-hybridized carbons (Fsp3) is 0.176. The second-order valence-corrected chi connectivity index (χ2v) is 5.30. The Balaban J connectivity index is 1.82. The van der Waals surface area contributed by atoms with E-state index in [0.717, 1.165) is 40.6 Å². The molecule has 0 aliphatic heterocycles. The monoisotopic (exact) mass is 277 g/mol. The van der Waals surface area contributed by atoms with Crippen LogP contribution in [0.3, 0.4) is 0 Å². The minimum Gasteiger partial charge on any atom is -0.508 e. The molecule has 0 fully saturated rings. The van der Waals surface area contributed by atoms with Gasteiger partial charge in [-0.15, -0.1) is 5.10 Å². The lowest BCUT2D eigenvalue weighted by molar-refractivity contribution is 0.464. The predicted molar refractivity (Wildman–Crippen MR) is 81.3 cm³/mol. The fourth-order valence-corrected chi connectivity index (χ4v) is 2.91. The Bertz CT molecular complexity index is 848. The Morgan fingerprint density at radius 1 is 1.05 bits per heavy atom. The third kappa shape index (κ3) is 2.00. The van der Waals surface area contributed by atoms with E-state index in [-0.39, 0.29) is 0 Å². The van der Waals surface area contributed by atoms with Gasteiger partial charge in [0.2, 0.25) is 0 Å². The van der Waals surface area contributed by atoms with Crippen LogP contribution in [0.25, 0.3) is 10.8 Å². The van der Waals surface area contributed by atoms with Gasteiger partial charge in [-0.25, -0.2) is 4.68 Å². The second kappa shape index (κ2) is 4.74. The molecule has 4 rings (SSSR count). The van der Waals surface area contributed by atoms with E-state index in [2.05, 4.69) is 28.5 Å². The lowest BCUT2D eigenvalue weighted by Gasteiger charge is -2.12. The van der Waals surface area contributed by atoms with Crippen LogP contribution in [0.1, 0.15) is 17.0 Å². The van der Waals surface area contributed by atoms with Crippen molar-refractivity contribution in [3.05, 3.63) is 65.5 Å². The third-order valence-corrected chi connectivity index (χ3v) is 4.03. The van der Waals surface area contributed by atoms with Crippen LogP contribution < -0.4 is 0 Å². The van der Waals surface area contributed by atoms with Crippen LogP contribution in [0.4, 0.5) is 0 Å². The van der Waals surface area contributed by atoms with Gasteiger partial charge in [0.05, 0.1) is 17.9 Å². The maximum Gasteiger partial charge on any atom is 0.121 e. The summed E-state index contributed by atoms with van der Waals surface area (Å²) in [5.41, 5.74) is 3.08. The zero-order valence-electron chi connectivity index (χ0n) is 11.5. The SMILES string of the molecule is Oc1ccc2ccccc2c1Cn1nnc2c1CC=CC2. The Labute approximate surface area is 122 Å². The van der Waals surface area contributed by atoms with E-state index in [4.69, 9.17) is 0 Å². The Kier molecular flexibility index (Phi) is 2.74. The van der Waals surface area contributed by atoms with Gasteiger partial charge in [0.25, 0.3) is 0 Å². The Morgan fingerprint density at radius 2 is 1.90 bits per heavy atom. The zero-order valence-corrected chi connectivity index (χ0v) is 11.5. The van der Waals surface area contributed by atoms with Gasteiger partial charge in [-0.2, -0.15) is 0 Å². The largest absolute Gasteiger partial charge is 0.508 e. The Morgan fingerprint density at radius 3 is 2.86 bits per heavy atom. The normalized spacial score (nSPS) is 13.5. The summed E-state index contributed by atoms with van der Waals surface area (Å²) in [7, 11) is 0. The van der Waals surface area contributed by atoms with E-state index in [1.807, 2.05) is 28.9 Å². The number of allylic oxidation sites excluding steroid dienone is 2. The first-order valence-electron chi connectivity index (χ1n) is 7.09. The molecule has 0 unspecified atom stereocenters. The smallest absolute Gasteiger partial charge is 0.121 e. The molecule has 3 aromatic rings. The number of nitrogens with zero attached hydrogens (tertiary/aromatic N) is 3. The summed E-state index contributed by atoms with van der Waals surface area (Å²) < 4.78 is 1.90. The maximum atomic E-state index is 10.2. The summed E-state index contributed by atoms with van der Waals surface area (Å²) in [6.07, 6.45) is 5.96. The van der Waals surface area contributed by atoms with Crippen LogP contribution in [-0.4, -0.2) is 20.1 Å². The number of phenols is 1. The van der Waals surface area contributed by atoms with E-state index < -0.39 is 0 Å². The quantitative estimate of drug-likeness (QED) is 0.733. The third-order valence-electron chi connectivity index (χ3n) is 4.03. The maximum absolute atomic E-state index is 10.2. The lowest BCUT2D eigenvalue weighted by atomic mass is 10.0. The molecule has 0 radical (unpaired) electrons. The molecule has 21 heavy (non-hydrogen) atoms. The molecule has 1 aliphatic rings. The minimum absolute atomic E-state index is 0.310. The standard InChI is InChI=1S/C17H15N3O/c21-17-10-9-12-5-1-2-6-13(12)14(17)11-20-16-8-4-3-7-15(16)18-19-20/h1-6,9-10,21H,7-8,11H2. The van der Waals surface area contributed by atoms with Gasteiger partial charge >= 0.3 is 0 Å². The van der Waals surface area contributed by atoms with Gasteiger partial charge in [-0.1, -0.05) is 47.7 Å². The van der Waals surface area contributed by atoms with Crippen molar-refractivity contribution in [3.8, 4) is 5.75 Å². The number of fused-ring (bicyclic) bond motifs is 2. The molecule has 0 atom stereocenters. The molecule has 1 aromatic heterocycles. The number of rotatable bonds is 2. The van der Waals surface area contributed by atoms with E-state index in [9.17, 15) is 5.11 Å². The van der Waals surface area contributed by atoms with Crippen LogP contribution >= 0.6 is 0 Å². The van der Waals surface area contributed by atoms with Crippen molar-refractivity contribution in [1.82, 2.24) is 15.0 Å². The number of phenolic OH excluding ortho intramolecular Hbond substituents is 1. The van der Waals surface area contributed by atoms with E-state index in [1.54, 1.807) is 6.07 Å². The number of benzene rings is 2. The van der Waals surface area contributed by atoms with Crippen LogP contribution in [0.5, 0.6) is 5.75 Å². The fourth-order valence-electron chi connectivity index (χ4n) is 2.91. The molecular weight excluding hydrogens is 262 g/mol. The molecule has 0 saturated heterocycles. The predicted octanol–water partition coefficient (Wildman–Crippen LogP) is 2.84. The van der Waals surface area contributed by atoms with Crippen molar-refractivity contribution < 1.29 is 5.11 Å². The highest BCUT2D eigenvalue weighted by Crippen LogP contribution is 2.28. The molecule has 4 nitrogen and oxygen atoms in total. The van der Waals surface area contributed by atoms with Crippen molar-refractivity contribution in [3.63, 3.8) is 0 Å². The number of hydrogen-bond acceptors (Lipinski definition) is 3. The van der Waals surface area contributed by atoms with Crippen LogP contribution in [-0.2, 0) is 19.4 Å². The van der Waals surface area contributed by atoms with Gasteiger partial charge in [0, 0.05) is 18.4 Å². The van der Waals surface area contributed by atoms with E-state index in [1.165, 1.54) is 0 Å².